The number of carbonyl (C=O) groups excluding carboxylic acids is 1. The number of nitrogens with zero attached hydrogens (tertiary/aromatic N) is 1. The minimum Gasteiger partial charge on any atom is -0.494 e. The Morgan fingerprint density at radius 2 is 2.00 bits per heavy atom. The molecule has 1 aromatic heterocycles. The van der Waals surface area contributed by atoms with Gasteiger partial charge in [0.1, 0.15) is 0 Å². The lowest BCUT2D eigenvalue weighted by Gasteiger charge is -2.32. The van der Waals surface area contributed by atoms with Crippen LogP contribution in [0.5, 0.6) is 5.75 Å². The summed E-state index contributed by atoms with van der Waals surface area (Å²) in [5.41, 5.74) is 1.61. The van der Waals surface area contributed by atoms with E-state index in [0.717, 1.165) is 18.4 Å². The zero-order chi connectivity index (χ0) is 18.0. The number of halogens is 1. The Labute approximate surface area is 147 Å². The molecule has 134 valence electrons. The van der Waals surface area contributed by atoms with Gasteiger partial charge in [0.25, 0.3) is 5.91 Å². The van der Waals surface area contributed by atoms with Crippen molar-refractivity contribution in [3.05, 3.63) is 53.2 Å². The van der Waals surface area contributed by atoms with Crippen LogP contribution in [0.15, 0.2) is 34.9 Å². The van der Waals surface area contributed by atoms with E-state index in [4.69, 9.17) is 9.15 Å². The van der Waals surface area contributed by atoms with E-state index in [0.29, 0.717) is 24.4 Å². The molecule has 1 amide bonds. The molecule has 4 nitrogen and oxygen atoms in total. The molecule has 25 heavy (non-hydrogen) atoms. The number of benzene rings is 1. The van der Waals surface area contributed by atoms with Crippen LogP contribution in [0.1, 0.15) is 60.2 Å². The quantitative estimate of drug-likeness (QED) is 0.815. The summed E-state index contributed by atoms with van der Waals surface area (Å²) in [5, 5.41) is 0. The first-order chi connectivity index (χ1) is 12.0. The normalized spacial score (nSPS) is 15.6. The van der Waals surface area contributed by atoms with Crippen molar-refractivity contribution in [1.29, 1.82) is 0 Å². The molecule has 0 aliphatic carbocycles. The van der Waals surface area contributed by atoms with Crippen molar-refractivity contribution >= 4 is 5.91 Å². The second kappa shape index (κ2) is 7.30. The number of carbonyl (C=O) groups is 1. The van der Waals surface area contributed by atoms with Gasteiger partial charge in [-0.1, -0.05) is 26.0 Å². The number of amides is 1. The van der Waals surface area contributed by atoms with E-state index < -0.39 is 0 Å². The number of hydrogen-bond acceptors (Lipinski definition) is 3. The number of methoxy groups -OCH3 is 1. The second-order valence-corrected chi connectivity index (χ2v) is 6.79. The fourth-order valence-electron chi connectivity index (χ4n) is 3.49. The van der Waals surface area contributed by atoms with Gasteiger partial charge in [-0.2, -0.15) is 0 Å². The van der Waals surface area contributed by atoms with Crippen LogP contribution in [-0.4, -0.2) is 31.0 Å². The van der Waals surface area contributed by atoms with Crippen molar-refractivity contribution in [2.75, 3.05) is 20.2 Å². The molecule has 5 heteroatoms. The highest BCUT2D eigenvalue weighted by Crippen LogP contribution is 2.34. The maximum atomic E-state index is 14.5. The summed E-state index contributed by atoms with van der Waals surface area (Å²) in [6, 6.07) is 7.11. The molecule has 2 heterocycles. The summed E-state index contributed by atoms with van der Waals surface area (Å²) in [5.74, 6) is 0.678. The van der Waals surface area contributed by atoms with Crippen LogP contribution < -0.4 is 4.74 Å². The summed E-state index contributed by atoms with van der Waals surface area (Å²) >= 11 is 0. The first kappa shape index (κ1) is 17.5. The van der Waals surface area contributed by atoms with Crippen molar-refractivity contribution < 1.29 is 18.3 Å². The predicted molar refractivity (Wildman–Crippen MR) is 93.6 cm³/mol. The average molecular weight is 345 g/mol. The van der Waals surface area contributed by atoms with Crippen LogP contribution in [0.3, 0.4) is 0 Å². The van der Waals surface area contributed by atoms with Crippen LogP contribution in [0.25, 0.3) is 0 Å². The molecular formula is C20H24FNO3. The van der Waals surface area contributed by atoms with Gasteiger partial charge in [-0.3, -0.25) is 4.79 Å². The minimum absolute atomic E-state index is 0.0711. The van der Waals surface area contributed by atoms with Crippen molar-refractivity contribution in [2.45, 2.75) is 38.5 Å². The number of piperidine rings is 1. The highest BCUT2D eigenvalue weighted by Gasteiger charge is 2.29. The monoisotopic (exact) mass is 345 g/mol. The zero-order valence-corrected chi connectivity index (χ0v) is 14.9. The van der Waals surface area contributed by atoms with E-state index in [1.807, 2.05) is 32.0 Å². The molecule has 1 aromatic carbocycles. The standard InChI is InChI=1S/C20H24FNO3/c1-13(2)15-9-12-25-19(15)20(23)22-10-7-14(8-11-22)16-5-4-6-17(24-3)18(16)21/h4-6,9,12-14H,7-8,10-11H2,1-3H3. The fourth-order valence-corrected chi connectivity index (χ4v) is 3.49. The molecule has 1 aliphatic rings. The Morgan fingerprint density at radius 3 is 2.64 bits per heavy atom. The Hall–Kier alpha value is -2.30. The number of furan rings is 1. The lowest BCUT2D eigenvalue weighted by atomic mass is 9.88. The summed E-state index contributed by atoms with van der Waals surface area (Å²) in [4.78, 5) is 14.5. The van der Waals surface area contributed by atoms with Gasteiger partial charge in [0.15, 0.2) is 17.3 Å². The topological polar surface area (TPSA) is 42.7 Å². The molecule has 2 aromatic rings. The fraction of sp³-hybridized carbons (Fsp3) is 0.450. The maximum Gasteiger partial charge on any atom is 0.289 e. The van der Waals surface area contributed by atoms with Gasteiger partial charge in [0.05, 0.1) is 13.4 Å². The highest BCUT2D eigenvalue weighted by molar-refractivity contribution is 5.93. The highest BCUT2D eigenvalue weighted by atomic mass is 19.1. The molecule has 1 fully saturated rings. The Morgan fingerprint density at radius 1 is 1.28 bits per heavy atom. The summed E-state index contributed by atoms with van der Waals surface area (Å²) in [7, 11) is 1.47. The molecule has 0 bridgehead atoms. The first-order valence-corrected chi connectivity index (χ1v) is 8.72. The number of rotatable bonds is 4. The van der Waals surface area contributed by atoms with E-state index in [9.17, 15) is 9.18 Å². The number of likely N-dealkylation sites (tertiary alicyclic amines) is 1. The van der Waals surface area contributed by atoms with Crippen LogP contribution in [0.4, 0.5) is 4.39 Å². The zero-order valence-electron chi connectivity index (χ0n) is 14.9. The SMILES string of the molecule is COc1cccc(C2CCN(C(=O)c3occc3C(C)C)CC2)c1F. The third-order valence-corrected chi connectivity index (χ3v) is 4.95. The summed E-state index contributed by atoms with van der Waals surface area (Å²) < 4.78 is 25.0. The van der Waals surface area contributed by atoms with E-state index in [1.54, 1.807) is 17.2 Å². The lowest BCUT2D eigenvalue weighted by Crippen LogP contribution is -2.38. The molecule has 1 aliphatic heterocycles. The van der Waals surface area contributed by atoms with Crippen molar-refractivity contribution in [3.63, 3.8) is 0 Å². The molecule has 0 atom stereocenters. The van der Waals surface area contributed by atoms with Gasteiger partial charge in [0.2, 0.25) is 0 Å². The predicted octanol–water partition coefficient (Wildman–Crippen LogP) is 4.57. The van der Waals surface area contributed by atoms with E-state index >= 15 is 0 Å². The van der Waals surface area contributed by atoms with Gasteiger partial charge in [0, 0.05) is 18.7 Å². The Balaban J connectivity index is 1.70. The van der Waals surface area contributed by atoms with Gasteiger partial charge in [-0.25, -0.2) is 4.39 Å². The molecule has 0 spiro atoms. The minimum atomic E-state index is -0.289. The third-order valence-electron chi connectivity index (χ3n) is 4.95. The average Bonchev–Trinajstić information content (AvgIpc) is 3.11. The van der Waals surface area contributed by atoms with Crippen molar-refractivity contribution in [3.8, 4) is 5.75 Å². The summed E-state index contributed by atoms with van der Waals surface area (Å²) in [6.45, 7) is 5.27. The Bertz CT molecular complexity index is 745. The van der Waals surface area contributed by atoms with Gasteiger partial charge in [-0.15, -0.1) is 0 Å². The van der Waals surface area contributed by atoms with Crippen LogP contribution >= 0.6 is 0 Å². The number of ether oxygens (including phenoxy) is 1. The maximum absolute atomic E-state index is 14.5. The van der Waals surface area contributed by atoms with Crippen molar-refractivity contribution in [2.24, 2.45) is 0 Å². The number of hydrogen-bond donors (Lipinski definition) is 0. The van der Waals surface area contributed by atoms with E-state index in [1.165, 1.54) is 7.11 Å². The molecule has 0 N–H and O–H groups in total. The summed E-state index contributed by atoms with van der Waals surface area (Å²) in [6.07, 6.45) is 3.03. The first-order valence-electron chi connectivity index (χ1n) is 8.72. The largest absolute Gasteiger partial charge is 0.494 e. The molecule has 0 unspecified atom stereocenters. The van der Waals surface area contributed by atoms with Crippen LogP contribution in [0.2, 0.25) is 0 Å². The molecule has 3 rings (SSSR count). The van der Waals surface area contributed by atoms with E-state index in [2.05, 4.69) is 0 Å². The second-order valence-electron chi connectivity index (χ2n) is 6.79. The smallest absolute Gasteiger partial charge is 0.289 e. The van der Waals surface area contributed by atoms with Crippen LogP contribution in [-0.2, 0) is 0 Å². The van der Waals surface area contributed by atoms with Gasteiger partial charge in [-0.05, 0) is 42.4 Å². The Kier molecular flexibility index (Phi) is 5.11. The van der Waals surface area contributed by atoms with Gasteiger partial charge < -0.3 is 14.1 Å². The van der Waals surface area contributed by atoms with Crippen LogP contribution in [0, 0.1) is 5.82 Å². The van der Waals surface area contributed by atoms with Gasteiger partial charge >= 0.3 is 0 Å². The third kappa shape index (κ3) is 3.41. The van der Waals surface area contributed by atoms with E-state index in [-0.39, 0.29) is 29.3 Å². The molecule has 0 radical (unpaired) electrons. The lowest BCUT2D eigenvalue weighted by molar-refractivity contribution is 0.0678. The molecule has 0 saturated carbocycles. The molecule has 1 saturated heterocycles. The molecular weight excluding hydrogens is 321 g/mol. The van der Waals surface area contributed by atoms with Crippen molar-refractivity contribution in [1.82, 2.24) is 4.90 Å².